The molecule has 2 N–H and O–H groups in total. The molecule has 2 aliphatic rings. The molecule has 134 valence electrons. The number of β-amino-alcohol motifs (C(OH)–C–C–N with tert-alkyl or cyclic N) is 1. The maximum atomic E-state index is 10.4. The molecule has 1 aliphatic carbocycles. The summed E-state index contributed by atoms with van der Waals surface area (Å²) in [5.74, 6) is 0.751. The molecule has 0 bridgehead atoms. The normalized spacial score (nSPS) is 22.5. The number of ether oxygens (including phenoxy) is 1. The average molecular weight is 332 g/mol. The lowest BCUT2D eigenvalue weighted by atomic mass is 9.92. The lowest BCUT2D eigenvalue weighted by Gasteiger charge is -2.30. The average Bonchev–Trinajstić information content (AvgIpc) is 3.15. The molecule has 4 heteroatoms. The van der Waals surface area contributed by atoms with Crippen molar-refractivity contribution in [3.05, 3.63) is 35.9 Å². The van der Waals surface area contributed by atoms with Gasteiger partial charge >= 0.3 is 0 Å². The summed E-state index contributed by atoms with van der Waals surface area (Å²) in [7, 11) is 0. The third kappa shape index (κ3) is 5.55. The summed E-state index contributed by atoms with van der Waals surface area (Å²) in [5.41, 5.74) is 1.39. The summed E-state index contributed by atoms with van der Waals surface area (Å²) in [6.45, 7) is 4.89. The highest BCUT2D eigenvalue weighted by molar-refractivity contribution is 5.16. The molecule has 3 rings (SSSR count). The van der Waals surface area contributed by atoms with E-state index in [4.69, 9.17) is 4.74 Å². The van der Waals surface area contributed by atoms with Crippen molar-refractivity contribution in [2.24, 2.45) is 5.92 Å². The summed E-state index contributed by atoms with van der Waals surface area (Å²) in [6, 6.07) is 11.2. The number of hydrogen-bond donors (Lipinski definition) is 2. The van der Waals surface area contributed by atoms with Crippen molar-refractivity contribution in [3.63, 3.8) is 0 Å². The number of aliphatic hydroxyl groups excluding tert-OH is 1. The summed E-state index contributed by atoms with van der Waals surface area (Å²) < 4.78 is 5.37. The monoisotopic (exact) mass is 332 g/mol. The standard InChI is InChI=1S/C20H32N2O2/c23-19(16-22-10-12-24-13-11-22)15-21-20(18-8-4-5-9-18)14-17-6-2-1-3-7-17/h1-3,6-7,18-21,23H,4-5,8-16H2. The van der Waals surface area contributed by atoms with Gasteiger partial charge in [-0.25, -0.2) is 0 Å². The molecule has 0 spiro atoms. The lowest BCUT2D eigenvalue weighted by molar-refractivity contribution is 0.0141. The fourth-order valence-corrected chi connectivity index (χ4v) is 4.07. The predicted molar refractivity (Wildman–Crippen MR) is 97.2 cm³/mol. The SMILES string of the molecule is OC(CNC(Cc1ccccc1)C1CCCC1)CN1CCOCC1. The van der Waals surface area contributed by atoms with Gasteiger partial charge in [-0.05, 0) is 30.7 Å². The van der Waals surface area contributed by atoms with Gasteiger partial charge in [0.1, 0.15) is 0 Å². The van der Waals surface area contributed by atoms with E-state index < -0.39 is 0 Å². The molecule has 4 nitrogen and oxygen atoms in total. The number of morpholine rings is 1. The number of hydrogen-bond acceptors (Lipinski definition) is 4. The zero-order valence-corrected chi connectivity index (χ0v) is 14.7. The quantitative estimate of drug-likeness (QED) is 0.765. The maximum absolute atomic E-state index is 10.4. The van der Waals surface area contributed by atoms with Crippen molar-refractivity contribution >= 4 is 0 Å². The second-order valence-electron chi connectivity index (χ2n) is 7.32. The molecule has 1 aliphatic heterocycles. The van der Waals surface area contributed by atoms with Crippen LogP contribution in [0, 0.1) is 5.92 Å². The zero-order chi connectivity index (χ0) is 16.6. The second kappa shape index (κ2) is 9.52. The van der Waals surface area contributed by atoms with Crippen LogP contribution in [-0.4, -0.2) is 61.5 Å². The maximum Gasteiger partial charge on any atom is 0.0791 e. The molecule has 2 fully saturated rings. The van der Waals surface area contributed by atoms with Gasteiger partial charge in [0.15, 0.2) is 0 Å². The number of nitrogens with one attached hydrogen (secondary N) is 1. The van der Waals surface area contributed by atoms with E-state index >= 15 is 0 Å². The van der Waals surface area contributed by atoms with Crippen LogP contribution in [0.25, 0.3) is 0 Å². The topological polar surface area (TPSA) is 44.7 Å². The van der Waals surface area contributed by atoms with E-state index in [0.717, 1.165) is 45.2 Å². The second-order valence-corrected chi connectivity index (χ2v) is 7.32. The van der Waals surface area contributed by atoms with Crippen molar-refractivity contribution in [3.8, 4) is 0 Å². The van der Waals surface area contributed by atoms with E-state index in [1.807, 2.05) is 0 Å². The third-order valence-corrected chi connectivity index (χ3v) is 5.46. The minimum atomic E-state index is -0.303. The highest BCUT2D eigenvalue weighted by Crippen LogP contribution is 2.29. The largest absolute Gasteiger partial charge is 0.390 e. The van der Waals surface area contributed by atoms with Crippen LogP contribution >= 0.6 is 0 Å². The molecular weight excluding hydrogens is 300 g/mol. The van der Waals surface area contributed by atoms with Gasteiger partial charge < -0.3 is 15.2 Å². The third-order valence-electron chi connectivity index (χ3n) is 5.46. The van der Waals surface area contributed by atoms with Crippen LogP contribution in [0.3, 0.4) is 0 Å². The summed E-state index contributed by atoms with van der Waals surface area (Å²) >= 11 is 0. The first-order valence-corrected chi connectivity index (χ1v) is 9.57. The Morgan fingerprint density at radius 1 is 1.12 bits per heavy atom. The van der Waals surface area contributed by atoms with Crippen molar-refractivity contribution < 1.29 is 9.84 Å². The van der Waals surface area contributed by atoms with Crippen LogP contribution in [0.5, 0.6) is 0 Å². The Labute approximate surface area is 146 Å². The molecule has 0 amide bonds. The first-order chi connectivity index (χ1) is 11.8. The zero-order valence-electron chi connectivity index (χ0n) is 14.7. The molecule has 1 aromatic carbocycles. The Morgan fingerprint density at radius 3 is 2.54 bits per heavy atom. The van der Waals surface area contributed by atoms with Gasteiger partial charge in [0.05, 0.1) is 19.3 Å². The van der Waals surface area contributed by atoms with E-state index in [-0.39, 0.29) is 6.10 Å². The van der Waals surface area contributed by atoms with E-state index in [1.54, 1.807) is 0 Å². The van der Waals surface area contributed by atoms with E-state index in [0.29, 0.717) is 12.6 Å². The number of rotatable bonds is 8. The first kappa shape index (κ1) is 17.9. The van der Waals surface area contributed by atoms with Crippen LogP contribution in [0.1, 0.15) is 31.2 Å². The van der Waals surface area contributed by atoms with Crippen LogP contribution in [0.15, 0.2) is 30.3 Å². The molecule has 0 radical (unpaired) electrons. The van der Waals surface area contributed by atoms with Crippen molar-refractivity contribution in [1.29, 1.82) is 0 Å². The molecule has 0 aromatic heterocycles. The number of nitrogens with zero attached hydrogens (tertiary/aromatic N) is 1. The minimum Gasteiger partial charge on any atom is -0.390 e. The minimum absolute atomic E-state index is 0.303. The summed E-state index contributed by atoms with van der Waals surface area (Å²) in [4.78, 5) is 2.30. The Bertz CT molecular complexity index is 456. The van der Waals surface area contributed by atoms with Crippen LogP contribution < -0.4 is 5.32 Å². The molecular formula is C20H32N2O2. The van der Waals surface area contributed by atoms with Gasteiger partial charge in [0.25, 0.3) is 0 Å². The number of benzene rings is 1. The Morgan fingerprint density at radius 2 is 1.83 bits per heavy atom. The van der Waals surface area contributed by atoms with Crippen molar-refractivity contribution in [2.75, 3.05) is 39.4 Å². The molecule has 1 heterocycles. The highest BCUT2D eigenvalue weighted by Gasteiger charge is 2.25. The molecule has 2 atom stereocenters. The van der Waals surface area contributed by atoms with Crippen molar-refractivity contribution in [2.45, 2.75) is 44.2 Å². The van der Waals surface area contributed by atoms with Gasteiger partial charge in [-0.1, -0.05) is 43.2 Å². The number of aliphatic hydroxyl groups is 1. The van der Waals surface area contributed by atoms with Gasteiger partial charge in [-0.15, -0.1) is 0 Å². The van der Waals surface area contributed by atoms with Crippen LogP contribution in [-0.2, 0) is 11.2 Å². The molecule has 1 saturated carbocycles. The van der Waals surface area contributed by atoms with Gasteiger partial charge in [0.2, 0.25) is 0 Å². The van der Waals surface area contributed by atoms with Gasteiger partial charge in [0, 0.05) is 32.2 Å². The van der Waals surface area contributed by atoms with Crippen LogP contribution in [0.2, 0.25) is 0 Å². The van der Waals surface area contributed by atoms with Crippen molar-refractivity contribution in [1.82, 2.24) is 10.2 Å². The Hall–Kier alpha value is -0.940. The van der Waals surface area contributed by atoms with E-state index in [2.05, 4.69) is 40.5 Å². The lowest BCUT2D eigenvalue weighted by Crippen LogP contribution is -2.47. The highest BCUT2D eigenvalue weighted by atomic mass is 16.5. The summed E-state index contributed by atoms with van der Waals surface area (Å²) in [6.07, 6.45) is 6.12. The van der Waals surface area contributed by atoms with E-state index in [9.17, 15) is 5.11 Å². The smallest absolute Gasteiger partial charge is 0.0791 e. The Kier molecular flexibility index (Phi) is 7.09. The summed E-state index contributed by atoms with van der Waals surface area (Å²) in [5, 5.41) is 14.1. The fraction of sp³-hybridized carbons (Fsp3) is 0.700. The first-order valence-electron chi connectivity index (χ1n) is 9.57. The van der Waals surface area contributed by atoms with Gasteiger partial charge in [-0.3, -0.25) is 4.90 Å². The Balaban J connectivity index is 1.49. The van der Waals surface area contributed by atoms with E-state index in [1.165, 1.54) is 31.2 Å². The van der Waals surface area contributed by atoms with Crippen LogP contribution in [0.4, 0.5) is 0 Å². The fourth-order valence-electron chi connectivity index (χ4n) is 4.07. The van der Waals surface area contributed by atoms with Gasteiger partial charge in [-0.2, -0.15) is 0 Å². The molecule has 24 heavy (non-hydrogen) atoms. The molecule has 2 unspecified atom stereocenters. The molecule has 1 saturated heterocycles. The molecule has 1 aromatic rings. The predicted octanol–water partition coefficient (Wildman–Crippen LogP) is 2.07.